The Balaban J connectivity index is 1.27. The van der Waals surface area contributed by atoms with Crippen molar-refractivity contribution < 1.29 is 0 Å². The Morgan fingerprint density at radius 1 is 0.718 bits per heavy atom. The second kappa shape index (κ2) is 8.08. The highest BCUT2D eigenvalue weighted by Gasteiger charge is 2.22. The van der Waals surface area contributed by atoms with Crippen LogP contribution in [0.25, 0.3) is 63.8 Å². The first-order chi connectivity index (χ1) is 19.3. The molecule has 0 radical (unpaired) electrons. The molecule has 2 aliphatic rings. The van der Waals surface area contributed by atoms with E-state index in [2.05, 4.69) is 119 Å². The van der Waals surface area contributed by atoms with Gasteiger partial charge in [-0.3, -0.25) is 0 Å². The Morgan fingerprint density at radius 3 is 2.49 bits per heavy atom. The Morgan fingerprint density at radius 2 is 1.56 bits per heavy atom. The molecule has 186 valence electrons. The lowest BCUT2D eigenvalue weighted by Gasteiger charge is -2.23. The minimum atomic E-state index is 0.292. The van der Waals surface area contributed by atoms with E-state index in [0.29, 0.717) is 6.04 Å². The van der Waals surface area contributed by atoms with E-state index in [1.807, 2.05) is 11.3 Å². The monoisotopic (exact) mass is 518 g/mol. The lowest BCUT2D eigenvalue weighted by Crippen LogP contribution is -2.10. The van der Waals surface area contributed by atoms with Crippen molar-refractivity contribution in [1.82, 2.24) is 9.55 Å². The van der Waals surface area contributed by atoms with Crippen LogP contribution >= 0.6 is 11.3 Å². The van der Waals surface area contributed by atoms with Crippen molar-refractivity contribution in [2.75, 3.05) is 0 Å². The van der Waals surface area contributed by atoms with Crippen molar-refractivity contribution in [3.63, 3.8) is 0 Å². The van der Waals surface area contributed by atoms with Crippen molar-refractivity contribution in [3.8, 4) is 0 Å². The van der Waals surface area contributed by atoms with Gasteiger partial charge in [0.05, 0.1) is 11.6 Å². The Bertz CT molecular complexity index is 2260. The van der Waals surface area contributed by atoms with Gasteiger partial charge in [0.1, 0.15) is 0 Å². The van der Waals surface area contributed by atoms with Gasteiger partial charge in [-0.05, 0) is 66.8 Å². The number of thiophene rings is 1. The molecule has 9 rings (SSSR count). The fraction of sp³-hybridized carbons (Fsp3) is 0.111. The lowest BCUT2D eigenvalue weighted by molar-refractivity contribution is 0.633. The van der Waals surface area contributed by atoms with Crippen LogP contribution in [-0.2, 0) is 0 Å². The Labute approximate surface area is 229 Å². The number of para-hydroxylation sites is 2. The second-order valence-electron chi connectivity index (χ2n) is 10.9. The van der Waals surface area contributed by atoms with Gasteiger partial charge < -0.3 is 9.55 Å². The quantitative estimate of drug-likeness (QED) is 0.235. The van der Waals surface area contributed by atoms with Crippen LogP contribution in [0.2, 0.25) is 0 Å². The molecule has 39 heavy (non-hydrogen) atoms. The maximum Gasteiger partial charge on any atom is 0.0566 e. The first-order valence-corrected chi connectivity index (χ1v) is 14.7. The largest absolute Gasteiger partial charge is 0.354 e. The zero-order valence-electron chi connectivity index (χ0n) is 21.4. The molecule has 0 aliphatic heterocycles. The molecular weight excluding hydrogens is 492 g/mol. The lowest BCUT2D eigenvalue weighted by atomic mass is 9.91. The number of fused-ring (bicyclic) bond motifs is 9. The van der Waals surface area contributed by atoms with Crippen LogP contribution < -0.4 is 0 Å². The standard InChI is InChI=1S/C36H26N2S/c1-2-9-22(10-3-1)23-11-8-12-24(17-23)38-33-16-7-5-14-26(33)28-18-29-30-19-32-27(25-13-4-6-15-31(25)37-32)20-35(30)39-36(29)21-34(28)38/h2,4-16,18-21,24,37H,1,3,17H2. The van der Waals surface area contributed by atoms with Gasteiger partial charge in [0.2, 0.25) is 0 Å². The summed E-state index contributed by atoms with van der Waals surface area (Å²) in [6.07, 6.45) is 17.3. The zero-order valence-corrected chi connectivity index (χ0v) is 22.3. The normalized spacial score (nSPS) is 17.8. The van der Waals surface area contributed by atoms with Crippen LogP contribution in [0, 0.1) is 0 Å². The molecule has 3 aromatic heterocycles. The summed E-state index contributed by atoms with van der Waals surface area (Å²) < 4.78 is 5.29. The van der Waals surface area contributed by atoms with Crippen LogP contribution in [0.4, 0.5) is 0 Å². The van der Waals surface area contributed by atoms with E-state index in [0.717, 1.165) is 19.3 Å². The summed E-state index contributed by atoms with van der Waals surface area (Å²) in [4.78, 5) is 3.65. The van der Waals surface area contributed by atoms with E-state index in [1.165, 1.54) is 74.9 Å². The predicted molar refractivity (Wildman–Crippen MR) is 169 cm³/mol. The van der Waals surface area contributed by atoms with Crippen LogP contribution in [0.3, 0.4) is 0 Å². The minimum absolute atomic E-state index is 0.292. The molecule has 0 bridgehead atoms. The number of benzene rings is 4. The number of aromatic nitrogens is 2. The molecule has 1 atom stereocenters. The van der Waals surface area contributed by atoms with Crippen molar-refractivity contribution >= 4 is 75.1 Å². The average Bonchev–Trinajstić information content (AvgIpc) is 3.64. The third kappa shape index (κ3) is 3.14. The summed E-state index contributed by atoms with van der Waals surface area (Å²) in [5, 5.41) is 7.97. The highest BCUT2D eigenvalue weighted by Crippen LogP contribution is 2.44. The van der Waals surface area contributed by atoms with Crippen molar-refractivity contribution in [3.05, 3.63) is 120 Å². The van der Waals surface area contributed by atoms with E-state index in [1.54, 1.807) is 0 Å². The third-order valence-corrected chi connectivity index (χ3v) is 9.80. The summed E-state index contributed by atoms with van der Waals surface area (Å²) in [6.45, 7) is 0. The Hall–Kier alpha value is -4.34. The SMILES string of the molecule is C1=CC(n2c3ccccc3c3cc4c(cc32)sc2cc3c(cc24)[nH]c2ccccc23)CC(C2=CCCC=C2)=C1. The van der Waals surface area contributed by atoms with Gasteiger partial charge in [0, 0.05) is 58.3 Å². The Kier molecular flexibility index (Phi) is 4.47. The number of aromatic amines is 1. The summed E-state index contributed by atoms with van der Waals surface area (Å²) in [5.74, 6) is 0. The molecule has 4 aromatic carbocycles. The number of nitrogens with zero attached hydrogens (tertiary/aromatic N) is 1. The first kappa shape index (κ1) is 21.6. The summed E-state index contributed by atoms with van der Waals surface area (Å²) in [7, 11) is 0. The highest BCUT2D eigenvalue weighted by molar-refractivity contribution is 7.26. The van der Waals surface area contributed by atoms with Crippen LogP contribution in [-0.4, -0.2) is 9.55 Å². The molecule has 1 unspecified atom stereocenters. The zero-order chi connectivity index (χ0) is 25.5. The molecule has 0 fully saturated rings. The molecule has 0 saturated heterocycles. The van der Waals surface area contributed by atoms with E-state index in [-0.39, 0.29) is 0 Å². The highest BCUT2D eigenvalue weighted by atomic mass is 32.1. The number of rotatable bonds is 2. The maximum absolute atomic E-state index is 3.65. The van der Waals surface area contributed by atoms with Gasteiger partial charge in [0.15, 0.2) is 0 Å². The van der Waals surface area contributed by atoms with Gasteiger partial charge in [0.25, 0.3) is 0 Å². The number of hydrogen-bond donors (Lipinski definition) is 1. The molecule has 2 aliphatic carbocycles. The average molecular weight is 519 g/mol. The number of nitrogens with one attached hydrogen (secondary N) is 1. The van der Waals surface area contributed by atoms with Gasteiger partial charge in [-0.2, -0.15) is 0 Å². The van der Waals surface area contributed by atoms with Gasteiger partial charge in [-0.25, -0.2) is 0 Å². The minimum Gasteiger partial charge on any atom is -0.354 e. The van der Waals surface area contributed by atoms with E-state index < -0.39 is 0 Å². The number of hydrogen-bond acceptors (Lipinski definition) is 1. The topological polar surface area (TPSA) is 20.7 Å². The molecule has 3 heteroatoms. The van der Waals surface area contributed by atoms with Gasteiger partial charge in [-0.15, -0.1) is 11.3 Å². The van der Waals surface area contributed by atoms with Crippen LogP contribution in [0.5, 0.6) is 0 Å². The predicted octanol–water partition coefficient (Wildman–Crippen LogP) is 10.5. The molecule has 3 heterocycles. The molecule has 0 amide bonds. The molecule has 2 nitrogen and oxygen atoms in total. The van der Waals surface area contributed by atoms with E-state index >= 15 is 0 Å². The maximum atomic E-state index is 3.65. The molecule has 7 aromatic rings. The molecule has 1 N–H and O–H groups in total. The van der Waals surface area contributed by atoms with E-state index in [4.69, 9.17) is 0 Å². The molecule has 0 saturated carbocycles. The molecular formula is C36H26N2S. The third-order valence-electron chi connectivity index (χ3n) is 8.68. The summed E-state index contributed by atoms with van der Waals surface area (Å²) >= 11 is 1.92. The van der Waals surface area contributed by atoms with Crippen LogP contribution in [0.1, 0.15) is 25.3 Å². The summed E-state index contributed by atoms with van der Waals surface area (Å²) in [6, 6.07) is 27.5. The van der Waals surface area contributed by atoms with Crippen molar-refractivity contribution in [2.24, 2.45) is 0 Å². The van der Waals surface area contributed by atoms with Gasteiger partial charge in [-0.1, -0.05) is 72.9 Å². The van der Waals surface area contributed by atoms with E-state index in [9.17, 15) is 0 Å². The fourth-order valence-electron chi connectivity index (χ4n) is 6.87. The number of H-pyrrole nitrogens is 1. The fourth-order valence-corrected chi connectivity index (χ4v) is 8.02. The number of allylic oxidation sites excluding steroid dienone is 8. The molecule has 0 spiro atoms. The smallest absolute Gasteiger partial charge is 0.0566 e. The van der Waals surface area contributed by atoms with Crippen molar-refractivity contribution in [1.29, 1.82) is 0 Å². The summed E-state index contributed by atoms with van der Waals surface area (Å²) in [5.41, 5.74) is 7.89. The van der Waals surface area contributed by atoms with Gasteiger partial charge >= 0.3 is 0 Å². The van der Waals surface area contributed by atoms with Crippen molar-refractivity contribution in [2.45, 2.75) is 25.3 Å². The second-order valence-corrected chi connectivity index (χ2v) is 12.0. The van der Waals surface area contributed by atoms with Crippen LogP contribution in [0.15, 0.2) is 120 Å². The first-order valence-electron chi connectivity index (χ1n) is 13.9.